The maximum Gasteiger partial charge on any atom is 0.251 e. The largest absolute Gasteiger partial charge is 0.349 e. The van der Waals surface area contributed by atoms with Crippen LogP contribution in [0.3, 0.4) is 0 Å². The van der Waals surface area contributed by atoms with E-state index in [1.54, 1.807) is 31.2 Å². The van der Waals surface area contributed by atoms with Crippen LogP contribution >= 0.6 is 0 Å². The summed E-state index contributed by atoms with van der Waals surface area (Å²) in [6.45, 7) is 2.16. The first-order chi connectivity index (χ1) is 10.9. The van der Waals surface area contributed by atoms with E-state index in [0.29, 0.717) is 29.8 Å². The maximum absolute atomic E-state index is 12.4. The molecular weight excluding hydrogens is 312 g/mol. The summed E-state index contributed by atoms with van der Waals surface area (Å²) in [6.07, 6.45) is 6.08. The summed E-state index contributed by atoms with van der Waals surface area (Å²) in [5, 5.41) is 3.15. The van der Waals surface area contributed by atoms with Gasteiger partial charge in [-0.1, -0.05) is 6.42 Å². The second-order valence-electron chi connectivity index (χ2n) is 6.73. The molecule has 23 heavy (non-hydrogen) atoms. The van der Waals surface area contributed by atoms with Gasteiger partial charge in [0.15, 0.2) is 0 Å². The van der Waals surface area contributed by atoms with Crippen LogP contribution < -0.4 is 9.62 Å². The van der Waals surface area contributed by atoms with Gasteiger partial charge in [-0.3, -0.25) is 9.10 Å². The molecule has 126 valence electrons. The molecule has 0 saturated heterocycles. The molecule has 0 radical (unpaired) electrons. The van der Waals surface area contributed by atoms with E-state index in [4.69, 9.17) is 0 Å². The van der Waals surface area contributed by atoms with Crippen molar-refractivity contribution in [2.45, 2.75) is 38.6 Å². The number of carbonyl (C=O) groups is 1. The van der Waals surface area contributed by atoms with Gasteiger partial charge >= 0.3 is 0 Å². The van der Waals surface area contributed by atoms with Crippen molar-refractivity contribution in [3.05, 3.63) is 29.8 Å². The highest BCUT2D eigenvalue weighted by molar-refractivity contribution is 7.92. The Morgan fingerprint density at radius 2 is 1.91 bits per heavy atom. The van der Waals surface area contributed by atoms with Gasteiger partial charge < -0.3 is 5.32 Å². The lowest BCUT2D eigenvalue weighted by Crippen LogP contribution is -2.38. The number of amides is 1. The number of hydrogen-bond donors (Lipinski definition) is 1. The predicted octanol–water partition coefficient (Wildman–Crippen LogP) is 2.39. The van der Waals surface area contributed by atoms with Crippen LogP contribution in [0.15, 0.2) is 24.3 Å². The van der Waals surface area contributed by atoms with Gasteiger partial charge in [-0.25, -0.2) is 8.42 Å². The van der Waals surface area contributed by atoms with Gasteiger partial charge in [-0.05, 0) is 62.3 Å². The number of rotatable bonds is 5. The molecule has 2 aliphatic carbocycles. The Hall–Kier alpha value is -1.56. The maximum atomic E-state index is 12.4. The molecule has 0 unspecified atom stereocenters. The van der Waals surface area contributed by atoms with Crippen molar-refractivity contribution in [3.63, 3.8) is 0 Å². The Balaban J connectivity index is 1.68. The molecule has 6 heteroatoms. The number of carbonyl (C=O) groups excluding carboxylic acids is 1. The zero-order valence-corrected chi connectivity index (χ0v) is 14.5. The van der Waals surface area contributed by atoms with Crippen LogP contribution in [0.4, 0.5) is 5.69 Å². The second kappa shape index (κ2) is 6.15. The SMILES string of the molecule is CCN(c1ccc(C(=O)N[C@@H]2C[C@H]3CC[C@H]2C3)cc1)S(C)(=O)=O. The zero-order valence-electron chi connectivity index (χ0n) is 13.7. The van der Waals surface area contributed by atoms with Gasteiger partial charge in [0.05, 0.1) is 11.9 Å². The molecule has 1 amide bonds. The van der Waals surface area contributed by atoms with Crippen molar-refractivity contribution < 1.29 is 13.2 Å². The fourth-order valence-corrected chi connectivity index (χ4v) is 5.03. The van der Waals surface area contributed by atoms with Crippen LogP contribution in [0, 0.1) is 11.8 Å². The third kappa shape index (κ3) is 3.37. The van der Waals surface area contributed by atoms with Gasteiger partial charge in [0.2, 0.25) is 10.0 Å². The van der Waals surface area contributed by atoms with E-state index < -0.39 is 10.0 Å². The standard InChI is InChI=1S/C17H24N2O3S/c1-3-19(23(2,21)22)15-8-6-13(7-9-15)17(20)18-16-11-12-4-5-14(16)10-12/h6-9,12,14,16H,3-5,10-11H2,1-2H3,(H,18,20)/t12-,14-,16+/m0/s1. The van der Waals surface area contributed by atoms with Crippen molar-refractivity contribution in [2.24, 2.45) is 11.8 Å². The van der Waals surface area contributed by atoms with E-state index >= 15 is 0 Å². The normalized spacial score (nSPS) is 26.3. The molecule has 0 spiro atoms. The van der Waals surface area contributed by atoms with E-state index in [1.165, 1.54) is 29.8 Å². The second-order valence-corrected chi connectivity index (χ2v) is 8.64. The van der Waals surface area contributed by atoms with E-state index in [9.17, 15) is 13.2 Å². The van der Waals surface area contributed by atoms with E-state index in [0.717, 1.165) is 12.3 Å². The molecule has 2 fully saturated rings. The van der Waals surface area contributed by atoms with Crippen LogP contribution in [0.5, 0.6) is 0 Å². The summed E-state index contributed by atoms with van der Waals surface area (Å²) in [5.74, 6) is 1.38. The number of fused-ring (bicyclic) bond motifs is 2. The number of sulfonamides is 1. The highest BCUT2D eigenvalue weighted by atomic mass is 32.2. The molecule has 2 saturated carbocycles. The minimum atomic E-state index is -3.29. The number of anilines is 1. The molecule has 0 aromatic heterocycles. The van der Waals surface area contributed by atoms with E-state index in [1.807, 2.05) is 0 Å². The van der Waals surface area contributed by atoms with Gasteiger partial charge in [0.25, 0.3) is 5.91 Å². The van der Waals surface area contributed by atoms with Crippen LogP contribution in [0.2, 0.25) is 0 Å². The first-order valence-electron chi connectivity index (χ1n) is 8.27. The fourth-order valence-electron chi connectivity index (χ4n) is 4.06. The Bertz CT molecular complexity index is 684. The molecule has 1 N–H and O–H groups in total. The molecule has 5 nitrogen and oxygen atoms in total. The third-order valence-corrected chi connectivity index (χ3v) is 6.43. The molecular formula is C17H24N2O3S. The van der Waals surface area contributed by atoms with Crippen LogP contribution in [-0.4, -0.2) is 33.2 Å². The number of nitrogens with one attached hydrogen (secondary N) is 1. The van der Waals surface area contributed by atoms with Gasteiger partial charge in [-0.15, -0.1) is 0 Å². The molecule has 1 aromatic carbocycles. The number of hydrogen-bond acceptors (Lipinski definition) is 3. The Morgan fingerprint density at radius 3 is 2.39 bits per heavy atom. The summed E-state index contributed by atoms with van der Waals surface area (Å²) in [5.41, 5.74) is 1.17. The Labute approximate surface area is 138 Å². The summed E-state index contributed by atoms with van der Waals surface area (Å²) >= 11 is 0. The lowest BCUT2D eigenvalue weighted by Gasteiger charge is -2.23. The van der Waals surface area contributed by atoms with Crippen molar-refractivity contribution >= 4 is 21.6 Å². The summed E-state index contributed by atoms with van der Waals surface area (Å²) < 4.78 is 24.8. The number of nitrogens with zero attached hydrogens (tertiary/aromatic N) is 1. The van der Waals surface area contributed by atoms with Crippen LogP contribution in [0.1, 0.15) is 43.0 Å². The minimum Gasteiger partial charge on any atom is -0.349 e. The molecule has 3 rings (SSSR count). The van der Waals surface area contributed by atoms with E-state index in [2.05, 4.69) is 5.32 Å². The van der Waals surface area contributed by atoms with Gasteiger partial charge in [0, 0.05) is 18.2 Å². The van der Waals surface area contributed by atoms with E-state index in [-0.39, 0.29) is 5.91 Å². The molecule has 2 aliphatic rings. The molecule has 3 atom stereocenters. The lowest BCUT2D eigenvalue weighted by molar-refractivity contribution is 0.0923. The average Bonchev–Trinajstić information content (AvgIpc) is 3.09. The quantitative estimate of drug-likeness (QED) is 0.898. The van der Waals surface area contributed by atoms with Crippen molar-refractivity contribution in [2.75, 3.05) is 17.1 Å². The predicted molar refractivity (Wildman–Crippen MR) is 91.0 cm³/mol. The molecule has 0 heterocycles. The molecule has 2 bridgehead atoms. The molecule has 0 aliphatic heterocycles. The van der Waals surface area contributed by atoms with Crippen LogP contribution in [-0.2, 0) is 10.0 Å². The average molecular weight is 336 g/mol. The highest BCUT2D eigenvalue weighted by Gasteiger charge is 2.40. The molecule has 1 aromatic rings. The Morgan fingerprint density at radius 1 is 1.22 bits per heavy atom. The third-order valence-electron chi connectivity index (χ3n) is 5.16. The number of benzene rings is 1. The van der Waals surface area contributed by atoms with Crippen LogP contribution in [0.25, 0.3) is 0 Å². The smallest absolute Gasteiger partial charge is 0.251 e. The summed E-state index contributed by atoms with van der Waals surface area (Å²) in [6, 6.07) is 7.10. The summed E-state index contributed by atoms with van der Waals surface area (Å²) in [4.78, 5) is 12.4. The fraction of sp³-hybridized carbons (Fsp3) is 0.588. The zero-order chi connectivity index (χ0) is 16.6. The Kier molecular flexibility index (Phi) is 4.36. The van der Waals surface area contributed by atoms with Crippen molar-refractivity contribution in [1.29, 1.82) is 0 Å². The first kappa shape index (κ1) is 16.3. The lowest BCUT2D eigenvalue weighted by atomic mass is 9.95. The topological polar surface area (TPSA) is 66.5 Å². The first-order valence-corrected chi connectivity index (χ1v) is 10.1. The van der Waals surface area contributed by atoms with Gasteiger partial charge in [-0.2, -0.15) is 0 Å². The summed E-state index contributed by atoms with van der Waals surface area (Å²) in [7, 11) is -3.29. The van der Waals surface area contributed by atoms with Crippen molar-refractivity contribution in [3.8, 4) is 0 Å². The minimum absolute atomic E-state index is 0.0588. The van der Waals surface area contributed by atoms with Gasteiger partial charge in [0.1, 0.15) is 0 Å². The highest BCUT2D eigenvalue weighted by Crippen LogP contribution is 2.44. The van der Waals surface area contributed by atoms with Crippen molar-refractivity contribution in [1.82, 2.24) is 5.32 Å². The monoisotopic (exact) mass is 336 g/mol.